The maximum Gasteiger partial charge on any atom is 0.332 e. The zero-order valence-electron chi connectivity index (χ0n) is 32.0. The third-order valence-electron chi connectivity index (χ3n) is 10.4. The number of nitrogens with one attached hydrogen (secondary N) is 1. The van der Waals surface area contributed by atoms with Crippen molar-refractivity contribution in [2.24, 2.45) is 7.05 Å². The molecule has 286 valence electrons. The van der Waals surface area contributed by atoms with Crippen LogP contribution in [0.2, 0.25) is 0 Å². The number of aromatic nitrogens is 6. The summed E-state index contributed by atoms with van der Waals surface area (Å²) in [6, 6.07) is 7.64. The Bertz CT molecular complexity index is 2000. The van der Waals surface area contributed by atoms with Crippen LogP contribution in [-0.4, -0.2) is 65.4 Å². The fraction of sp³-hybridized carbons (Fsp3) is 0.610. The summed E-state index contributed by atoms with van der Waals surface area (Å²) in [5.41, 5.74) is 1.19. The van der Waals surface area contributed by atoms with Crippen molar-refractivity contribution in [1.29, 1.82) is 0 Å². The van der Waals surface area contributed by atoms with E-state index in [9.17, 15) is 14.4 Å². The Labute approximate surface area is 313 Å². The predicted molar refractivity (Wildman–Crippen MR) is 211 cm³/mol. The number of aliphatic hydroxyl groups is 1. The maximum atomic E-state index is 14.1. The van der Waals surface area contributed by atoms with Crippen LogP contribution in [0.25, 0.3) is 22.1 Å². The van der Waals surface area contributed by atoms with Crippen molar-refractivity contribution in [2.45, 2.75) is 136 Å². The Morgan fingerprint density at radius 2 is 1.57 bits per heavy atom. The molecule has 3 aromatic heterocycles. The van der Waals surface area contributed by atoms with Crippen LogP contribution < -0.4 is 21.5 Å². The van der Waals surface area contributed by atoms with Gasteiger partial charge in [-0.3, -0.25) is 23.3 Å². The number of unbranched alkanes of at least 4 members (excludes halogenated alkanes) is 12. The van der Waals surface area contributed by atoms with Crippen LogP contribution in [0.3, 0.4) is 0 Å². The number of hydrogen-bond acceptors (Lipinski definition) is 8. The molecular weight excluding hydrogens is 669 g/mol. The molecule has 1 amide bonds. The number of carbonyl (C=O) groups excluding carboxylic acids is 1. The van der Waals surface area contributed by atoms with Crippen LogP contribution in [0.5, 0.6) is 0 Å². The normalized spacial score (nSPS) is 14.5. The summed E-state index contributed by atoms with van der Waals surface area (Å²) in [7, 11) is 1.63. The number of rotatable bonds is 20. The molecule has 1 aromatic carbocycles. The summed E-state index contributed by atoms with van der Waals surface area (Å²) < 4.78 is 4.40. The quantitative estimate of drug-likeness (QED) is 0.0866. The van der Waals surface area contributed by atoms with Gasteiger partial charge >= 0.3 is 5.69 Å². The van der Waals surface area contributed by atoms with Crippen molar-refractivity contribution in [3.05, 3.63) is 56.6 Å². The van der Waals surface area contributed by atoms with Crippen LogP contribution in [0.15, 0.2) is 33.9 Å². The molecular formula is C41H58N8O4. The molecule has 53 heavy (non-hydrogen) atoms. The van der Waals surface area contributed by atoms with Gasteiger partial charge in [-0.15, -0.1) is 5.92 Å². The Kier molecular flexibility index (Phi) is 15.0. The van der Waals surface area contributed by atoms with Crippen LogP contribution in [0.4, 0.5) is 5.95 Å². The SMILES string of the molecule is CC#CCn1c(N2CCC[C@@H](NC(=O)CCCCCCCCCCCCCCCO)C2)nc2c1c(=O)n(Cc1nc(C)c3ccccc3n1)c(=O)n2C. The fourth-order valence-corrected chi connectivity index (χ4v) is 7.47. The van der Waals surface area contributed by atoms with Gasteiger partial charge in [-0.1, -0.05) is 94.7 Å². The van der Waals surface area contributed by atoms with Crippen LogP contribution in [-0.2, 0) is 24.9 Å². The minimum absolute atomic E-state index is 0.0368. The molecule has 0 unspecified atom stereocenters. The van der Waals surface area contributed by atoms with Crippen molar-refractivity contribution < 1.29 is 9.90 Å². The van der Waals surface area contributed by atoms with Crippen molar-refractivity contribution in [3.63, 3.8) is 0 Å². The van der Waals surface area contributed by atoms with Gasteiger partial charge in [0.05, 0.1) is 18.6 Å². The van der Waals surface area contributed by atoms with Gasteiger partial charge in [0.1, 0.15) is 5.82 Å². The number of nitrogens with zero attached hydrogens (tertiary/aromatic N) is 7. The topological polar surface area (TPSA) is 140 Å². The first-order valence-corrected chi connectivity index (χ1v) is 19.8. The van der Waals surface area contributed by atoms with Gasteiger partial charge in [0, 0.05) is 50.3 Å². The lowest BCUT2D eigenvalue weighted by molar-refractivity contribution is -0.122. The van der Waals surface area contributed by atoms with Crippen molar-refractivity contribution >= 4 is 33.9 Å². The van der Waals surface area contributed by atoms with E-state index in [2.05, 4.69) is 32.0 Å². The Morgan fingerprint density at radius 3 is 2.25 bits per heavy atom. The van der Waals surface area contributed by atoms with Gasteiger partial charge < -0.3 is 15.3 Å². The van der Waals surface area contributed by atoms with E-state index in [0.717, 1.165) is 55.1 Å². The van der Waals surface area contributed by atoms with Gasteiger partial charge in [0.2, 0.25) is 11.9 Å². The molecule has 0 bridgehead atoms. The monoisotopic (exact) mass is 726 g/mol. The van der Waals surface area contributed by atoms with Crippen LogP contribution >= 0.6 is 0 Å². The highest BCUT2D eigenvalue weighted by Crippen LogP contribution is 2.24. The molecule has 0 aliphatic carbocycles. The first kappa shape index (κ1) is 39.7. The summed E-state index contributed by atoms with van der Waals surface area (Å²) in [5.74, 6) is 7.07. The number of benzene rings is 1. The highest BCUT2D eigenvalue weighted by Gasteiger charge is 2.28. The van der Waals surface area contributed by atoms with Crippen molar-refractivity contribution in [2.75, 3.05) is 24.6 Å². The fourth-order valence-electron chi connectivity index (χ4n) is 7.47. The standard InChI is InChI=1S/C41H58N8O4/c1-4-5-27-48-37-38(46(3)41(53)49(39(37)52)30-35-42-31(2)33-23-18-19-24-34(33)44-35)45-40(48)47-26-21-22-32(29-47)43-36(51)25-17-15-13-11-9-7-6-8-10-12-14-16-20-28-50/h18-19,23-24,32,50H,6-17,20-22,25-30H2,1-3H3,(H,43,51)/t32-/m1/s1. The zero-order valence-corrected chi connectivity index (χ0v) is 32.0. The molecule has 12 nitrogen and oxygen atoms in total. The second kappa shape index (κ2) is 20.1. The van der Waals surface area contributed by atoms with E-state index in [1.54, 1.807) is 14.0 Å². The Morgan fingerprint density at radius 1 is 0.906 bits per heavy atom. The summed E-state index contributed by atoms with van der Waals surface area (Å²) in [5, 5.41) is 13.0. The molecule has 1 atom stereocenters. The third kappa shape index (κ3) is 10.6. The highest BCUT2D eigenvalue weighted by molar-refractivity contribution is 5.80. The van der Waals surface area contributed by atoms with E-state index in [1.807, 2.05) is 35.8 Å². The second-order valence-electron chi connectivity index (χ2n) is 14.5. The smallest absolute Gasteiger partial charge is 0.332 e. The van der Waals surface area contributed by atoms with Gasteiger partial charge in [0.25, 0.3) is 5.56 Å². The predicted octanol–water partition coefficient (Wildman–Crippen LogP) is 5.76. The first-order chi connectivity index (χ1) is 25.8. The number of carbonyl (C=O) groups is 1. The van der Waals surface area contributed by atoms with E-state index in [4.69, 9.17) is 10.1 Å². The number of aliphatic hydroxyl groups excluding tert-OH is 1. The van der Waals surface area contributed by atoms with E-state index < -0.39 is 11.2 Å². The van der Waals surface area contributed by atoms with Gasteiger partial charge in [-0.2, -0.15) is 4.98 Å². The summed E-state index contributed by atoms with van der Waals surface area (Å²) in [4.78, 5) is 56.9. The number of para-hydroxylation sites is 1. The number of piperidine rings is 1. The molecule has 12 heteroatoms. The lowest BCUT2D eigenvalue weighted by Gasteiger charge is -2.34. The number of aryl methyl sites for hydroxylation is 2. The number of amides is 1. The van der Waals surface area contributed by atoms with Crippen LogP contribution in [0.1, 0.15) is 121 Å². The summed E-state index contributed by atoms with van der Waals surface area (Å²) in [6.45, 7) is 5.41. The van der Waals surface area contributed by atoms with Gasteiger partial charge in [0.15, 0.2) is 11.2 Å². The van der Waals surface area contributed by atoms with E-state index in [-0.39, 0.29) is 25.0 Å². The average molecular weight is 727 g/mol. The Hall–Kier alpha value is -4.50. The Balaban J connectivity index is 1.18. The third-order valence-corrected chi connectivity index (χ3v) is 10.4. The van der Waals surface area contributed by atoms with Gasteiger partial charge in [-0.25, -0.2) is 14.8 Å². The minimum atomic E-state index is -0.490. The molecule has 0 saturated carbocycles. The van der Waals surface area contributed by atoms with Crippen LogP contribution in [0, 0.1) is 18.8 Å². The molecule has 1 fully saturated rings. The van der Waals surface area contributed by atoms with Gasteiger partial charge in [-0.05, 0) is 45.6 Å². The average Bonchev–Trinajstić information content (AvgIpc) is 3.55. The lowest BCUT2D eigenvalue weighted by atomic mass is 10.0. The molecule has 1 saturated heterocycles. The molecule has 4 heterocycles. The molecule has 1 aliphatic rings. The molecule has 5 rings (SSSR count). The number of hydrogen-bond donors (Lipinski definition) is 2. The largest absolute Gasteiger partial charge is 0.396 e. The van der Waals surface area contributed by atoms with E-state index in [1.165, 1.54) is 66.9 Å². The molecule has 0 radical (unpaired) electrons. The molecule has 1 aliphatic heterocycles. The van der Waals surface area contributed by atoms with E-state index in [0.29, 0.717) is 49.1 Å². The molecule has 4 aromatic rings. The molecule has 2 N–H and O–H groups in total. The summed E-state index contributed by atoms with van der Waals surface area (Å²) in [6.07, 6.45) is 17.7. The number of imidazole rings is 1. The minimum Gasteiger partial charge on any atom is -0.396 e. The highest BCUT2D eigenvalue weighted by atomic mass is 16.3. The number of fused-ring (bicyclic) bond motifs is 2. The first-order valence-electron chi connectivity index (χ1n) is 19.8. The maximum absolute atomic E-state index is 14.1. The lowest BCUT2D eigenvalue weighted by Crippen LogP contribution is -2.48. The number of anilines is 1. The molecule has 0 spiro atoms. The van der Waals surface area contributed by atoms with Crippen molar-refractivity contribution in [1.82, 2.24) is 34.0 Å². The van der Waals surface area contributed by atoms with E-state index >= 15 is 0 Å². The van der Waals surface area contributed by atoms with Crippen molar-refractivity contribution in [3.8, 4) is 11.8 Å². The summed E-state index contributed by atoms with van der Waals surface area (Å²) >= 11 is 0. The second-order valence-corrected chi connectivity index (χ2v) is 14.5. The zero-order chi connectivity index (χ0) is 37.6.